The normalized spacial score (nSPS) is 7.92. The summed E-state index contributed by atoms with van der Waals surface area (Å²) in [5, 5.41) is 0.000000000000000222. The zero-order valence-corrected chi connectivity index (χ0v) is 9.21. The first kappa shape index (κ1) is 18.2. The first-order chi connectivity index (χ1) is 5.20. The van der Waals surface area contributed by atoms with Crippen LogP contribution in [0.3, 0.4) is 0 Å². The van der Waals surface area contributed by atoms with Crippen LogP contribution < -0.4 is 39.4 Å². The molecule has 0 heterocycles. The van der Waals surface area contributed by atoms with Crippen molar-refractivity contribution in [3.05, 3.63) is 0 Å². The van der Waals surface area contributed by atoms with Gasteiger partial charge in [-0.05, 0) is 15.7 Å². The summed E-state index contributed by atoms with van der Waals surface area (Å²) in [4.78, 5) is 0. The third kappa shape index (κ3) is 6650. The standard InChI is InChI=1S/CH4N2S.HIO3.H2O3S/c2*2-1(3)4;1-4(2)3/h(H4,2,3,4);2H;(H2,1,2,3). The van der Waals surface area contributed by atoms with E-state index in [1.807, 2.05) is 0 Å². The molecule has 0 saturated heterocycles. The zero-order valence-electron chi connectivity index (χ0n) is 5.42. The Morgan fingerprint density at radius 1 is 1.42 bits per heavy atom. The van der Waals surface area contributed by atoms with Gasteiger partial charge in [0.15, 0.2) is 5.11 Å². The highest BCUT2D eigenvalue weighted by atomic mass is 127. The van der Waals surface area contributed by atoms with Gasteiger partial charge in [-0.25, -0.2) is 0 Å². The molecule has 0 aromatic heterocycles. The van der Waals surface area contributed by atoms with E-state index in [-0.39, 0.29) is 5.11 Å². The molecular formula is CH7IN2O6S2. The van der Waals surface area contributed by atoms with Crippen LogP contribution in [0.4, 0.5) is 0 Å². The van der Waals surface area contributed by atoms with Gasteiger partial charge < -0.3 is 18.3 Å². The molecule has 8 nitrogen and oxygen atoms in total. The fraction of sp³-hybridized carbons (Fsp3) is 0. The Balaban J connectivity index is -0.000000101. The molecule has 76 valence electrons. The largest absolute Gasteiger partial charge is 0.503 e. The van der Waals surface area contributed by atoms with Crippen molar-refractivity contribution in [3.8, 4) is 0 Å². The van der Waals surface area contributed by atoms with E-state index < -0.39 is 32.4 Å². The monoisotopic (exact) mass is 334 g/mol. The van der Waals surface area contributed by atoms with Crippen molar-refractivity contribution in [1.29, 1.82) is 0 Å². The highest BCUT2D eigenvalue weighted by Gasteiger charge is 1.89. The lowest BCUT2D eigenvalue weighted by atomic mass is 11.3. The van der Waals surface area contributed by atoms with Crippen molar-refractivity contribution in [3.63, 3.8) is 0 Å². The second kappa shape index (κ2) is 13.9. The molecule has 0 spiro atoms. The summed E-state index contributed by atoms with van der Waals surface area (Å²) in [5.41, 5.74) is 9.24. The molecule has 0 atom stereocenters. The van der Waals surface area contributed by atoms with E-state index in [0.717, 1.165) is 0 Å². The van der Waals surface area contributed by atoms with Gasteiger partial charge in [-0.3, -0.25) is 9.11 Å². The predicted octanol–water partition coefficient (Wildman–Crippen LogP) is -7.06. The minimum Gasteiger partial charge on any atom is -0.396 e. The Labute approximate surface area is 84.7 Å². The van der Waals surface area contributed by atoms with Gasteiger partial charge in [-0.15, -0.1) is 0 Å². The minimum absolute atomic E-state index is 0.000000000000000222. The quantitative estimate of drug-likeness (QED) is 0.164. The van der Waals surface area contributed by atoms with Gasteiger partial charge in [0.2, 0.25) is 0 Å². The number of hydrogen-bond acceptors (Lipinski definition) is 5. The van der Waals surface area contributed by atoms with Gasteiger partial charge in [0.1, 0.15) is 0 Å². The molecule has 7 N–H and O–H groups in total. The topological polar surface area (TPSA) is 176 Å². The first-order valence-corrected chi connectivity index (χ1v) is 5.99. The molecule has 0 saturated carbocycles. The fourth-order valence-corrected chi connectivity index (χ4v) is 0. The van der Waals surface area contributed by atoms with Crippen LogP contribution in [0, 0.1) is 0 Å². The van der Waals surface area contributed by atoms with Crippen molar-refractivity contribution in [1.82, 2.24) is 0 Å². The van der Waals surface area contributed by atoms with E-state index in [0.29, 0.717) is 0 Å². The van der Waals surface area contributed by atoms with Crippen molar-refractivity contribution in [2.75, 3.05) is 0 Å². The van der Waals surface area contributed by atoms with Crippen molar-refractivity contribution < 1.29 is 44.7 Å². The van der Waals surface area contributed by atoms with Crippen molar-refractivity contribution in [2.24, 2.45) is 11.5 Å². The number of thiocarbonyl (C=S) groups is 1. The lowest BCUT2D eigenvalue weighted by molar-refractivity contribution is -1.63. The van der Waals surface area contributed by atoms with Gasteiger partial charge in [0.25, 0.3) is 11.4 Å². The van der Waals surface area contributed by atoms with Crippen LogP contribution >= 0.6 is 12.2 Å². The van der Waals surface area contributed by atoms with Crippen LogP contribution in [-0.2, 0) is 11.4 Å². The van der Waals surface area contributed by atoms with Crippen molar-refractivity contribution in [2.45, 2.75) is 0 Å². The fourth-order valence-electron chi connectivity index (χ4n) is 0. The molecule has 0 aromatic carbocycles. The van der Waals surface area contributed by atoms with Crippen molar-refractivity contribution >= 4 is 28.7 Å². The SMILES string of the molecule is NC(N)=S.O=S(O)O.[O-][I+2]([O-])O. The van der Waals surface area contributed by atoms with E-state index in [4.69, 9.17) is 23.6 Å². The maximum atomic E-state index is 8.68. The Hall–Kier alpha value is 0.370. The molecule has 0 unspecified atom stereocenters. The molecule has 0 amide bonds. The third-order valence-electron chi connectivity index (χ3n) is 0. The molecule has 0 aromatic rings. The van der Waals surface area contributed by atoms with Crippen LogP contribution in [-0.4, -0.2) is 21.9 Å². The average molecular weight is 334 g/mol. The minimum atomic E-state index is -3.76. The lowest BCUT2D eigenvalue weighted by Crippen LogP contribution is -3.98. The lowest BCUT2D eigenvalue weighted by Gasteiger charge is -1.68. The molecule has 0 aliphatic carbocycles. The van der Waals surface area contributed by atoms with Crippen LogP contribution in [0.1, 0.15) is 0 Å². The summed E-state index contributed by atoms with van der Waals surface area (Å²) >= 11 is -2.28. The Kier molecular flexibility index (Phi) is 21.1. The molecule has 12 heavy (non-hydrogen) atoms. The summed E-state index contributed by atoms with van der Waals surface area (Å²) < 4.78 is 47.3. The summed E-state index contributed by atoms with van der Waals surface area (Å²) in [7, 11) is 0. The summed E-state index contributed by atoms with van der Waals surface area (Å²) in [6, 6.07) is 0. The Morgan fingerprint density at radius 2 is 1.42 bits per heavy atom. The van der Waals surface area contributed by atoms with Crippen LogP contribution in [0.15, 0.2) is 0 Å². The van der Waals surface area contributed by atoms with Gasteiger partial charge >= 0.3 is 21.1 Å². The summed E-state index contributed by atoms with van der Waals surface area (Å²) in [5.74, 6) is 0. The summed E-state index contributed by atoms with van der Waals surface area (Å²) in [6.45, 7) is 0. The highest BCUT2D eigenvalue weighted by Crippen LogP contribution is 1.44. The van der Waals surface area contributed by atoms with Gasteiger partial charge in [-0.2, -0.15) is 4.21 Å². The van der Waals surface area contributed by atoms with E-state index in [2.05, 4.69) is 23.7 Å². The average Bonchev–Trinajstić information content (AvgIpc) is 1.54. The molecule has 0 radical (unpaired) electrons. The molecule has 11 heteroatoms. The van der Waals surface area contributed by atoms with Gasteiger partial charge in [-0.1, -0.05) is 0 Å². The number of hydrogen-bond donors (Lipinski definition) is 5. The number of nitrogens with two attached hydrogens (primary N) is 2. The molecule has 0 aliphatic rings. The second-order valence-corrected chi connectivity index (χ2v) is 2.91. The van der Waals surface area contributed by atoms with E-state index in [1.54, 1.807) is 0 Å². The Bertz CT molecular complexity index is 108. The number of halogens is 1. The molecule has 0 fully saturated rings. The Morgan fingerprint density at radius 3 is 1.42 bits per heavy atom. The molecule has 0 aliphatic heterocycles. The third-order valence-corrected chi connectivity index (χ3v) is 0. The maximum Gasteiger partial charge on any atom is 0.503 e. The molecule has 0 rings (SSSR count). The van der Waals surface area contributed by atoms with E-state index in [9.17, 15) is 0 Å². The number of rotatable bonds is 0. The van der Waals surface area contributed by atoms with Gasteiger partial charge in [0.05, 0.1) is 0 Å². The second-order valence-electron chi connectivity index (χ2n) is 0.834. The maximum absolute atomic E-state index is 8.68. The zero-order chi connectivity index (χ0) is 10.7. The first-order valence-electron chi connectivity index (χ1n) is 1.79. The predicted molar refractivity (Wildman–Crippen MR) is 36.6 cm³/mol. The molecular weight excluding hydrogens is 327 g/mol. The van der Waals surface area contributed by atoms with Gasteiger partial charge in [0, 0.05) is 0 Å². The molecule has 0 bridgehead atoms. The van der Waals surface area contributed by atoms with Crippen LogP contribution in [0.5, 0.6) is 0 Å². The van der Waals surface area contributed by atoms with E-state index in [1.165, 1.54) is 0 Å². The van der Waals surface area contributed by atoms with Crippen LogP contribution in [0.2, 0.25) is 0 Å². The van der Waals surface area contributed by atoms with E-state index >= 15 is 0 Å². The highest BCUT2D eigenvalue weighted by molar-refractivity contribution is 7.80. The smallest absolute Gasteiger partial charge is 0.396 e. The van der Waals surface area contributed by atoms with Crippen LogP contribution in [0.25, 0.3) is 0 Å². The summed E-state index contributed by atoms with van der Waals surface area (Å²) in [6.07, 6.45) is 0.